The van der Waals surface area contributed by atoms with Gasteiger partial charge in [-0.15, -0.1) is 0 Å². The van der Waals surface area contributed by atoms with Crippen LogP contribution in [0.5, 0.6) is 0 Å². The minimum absolute atomic E-state index is 0.164. The molecule has 0 radical (unpaired) electrons. The molecule has 0 saturated heterocycles. The Balaban J connectivity index is 1.70. The van der Waals surface area contributed by atoms with Crippen molar-refractivity contribution in [3.63, 3.8) is 0 Å². The number of aromatic nitrogens is 2. The molecule has 1 aliphatic rings. The molecular weight excluding hydrogens is 355 g/mol. The van der Waals surface area contributed by atoms with Crippen molar-refractivity contribution in [1.82, 2.24) is 15.3 Å². The van der Waals surface area contributed by atoms with Gasteiger partial charge in [0, 0.05) is 13.2 Å². The van der Waals surface area contributed by atoms with E-state index in [9.17, 15) is 18.8 Å². The molecule has 1 aromatic heterocycles. The number of hydrogen-bond donors (Lipinski definition) is 4. The predicted octanol–water partition coefficient (Wildman–Crippen LogP) is 0.999. The summed E-state index contributed by atoms with van der Waals surface area (Å²) in [6.07, 6.45) is 2.48. The maximum Gasteiger partial charge on any atom is 0.326 e. The summed E-state index contributed by atoms with van der Waals surface area (Å²) >= 11 is 0. The first-order valence-corrected chi connectivity index (χ1v) is 8.59. The van der Waals surface area contributed by atoms with Crippen molar-refractivity contribution in [1.29, 1.82) is 0 Å². The predicted molar refractivity (Wildman–Crippen MR) is 96.9 cm³/mol. The minimum atomic E-state index is -0.803. The zero-order valence-corrected chi connectivity index (χ0v) is 14.8. The molecule has 9 heteroatoms. The number of amides is 1. The largest absolute Gasteiger partial charge is 0.392 e. The topological polar surface area (TPSA) is 130 Å². The Labute approximate surface area is 153 Å². The average Bonchev–Trinajstić information content (AvgIpc) is 2.66. The zero-order valence-electron chi connectivity index (χ0n) is 14.8. The molecule has 27 heavy (non-hydrogen) atoms. The third-order valence-corrected chi connectivity index (χ3v) is 5.10. The van der Waals surface area contributed by atoms with E-state index in [4.69, 9.17) is 10.5 Å². The lowest BCUT2D eigenvalue weighted by Crippen LogP contribution is -2.44. The third-order valence-electron chi connectivity index (χ3n) is 5.10. The van der Waals surface area contributed by atoms with Crippen molar-refractivity contribution in [2.45, 2.75) is 37.3 Å². The molecule has 1 amide bonds. The fourth-order valence-electron chi connectivity index (χ4n) is 3.53. The number of nitrogens with one attached hydrogen (secondary N) is 3. The number of nitrogens with two attached hydrogens (primary N) is 1. The van der Waals surface area contributed by atoms with Crippen LogP contribution in [-0.4, -0.2) is 29.0 Å². The highest BCUT2D eigenvalue weighted by molar-refractivity contribution is 5.96. The molecule has 8 nitrogen and oxygen atoms in total. The standard InChI is InChI=1S/C18H21FN4O4/c1-27-18(10-2-4-11(19)5-3-10)8-6-12(7-9-18)21-16(25)14-13(20)15(24)23-17(26)22-14/h2-5,12H,6-9,20H2,1H3,(H,21,25)(H2,22,23,24,26). The van der Waals surface area contributed by atoms with Gasteiger partial charge in [0.25, 0.3) is 11.5 Å². The molecule has 3 rings (SSSR count). The molecular formula is C18H21FN4O4. The molecule has 1 heterocycles. The summed E-state index contributed by atoms with van der Waals surface area (Å²) in [6, 6.07) is 6.05. The monoisotopic (exact) mass is 376 g/mol. The maximum atomic E-state index is 13.2. The van der Waals surface area contributed by atoms with Crippen molar-refractivity contribution in [2.75, 3.05) is 12.8 Å². The number of H-pyrrole nitrogens is 2. The summed E-state index contributed by atoms with van der Waals surface area (Å²) in [4.78, 5) is 39.5. The van der Waals surface area contributed by atoms with Gasteiger partial charge in [0.2, 0.25) is 0 Å². The lowest BCUT2D eigenvalue weighted by molar-refractivity contribution is -0.0496. The Kier molecular flexibility index (Phi) is 5.13. The quantitative estimate of drug-likeness (QED) is 0.632. The number of rotatable bonds is 4. The van der Waals surface area contributed by atoms with Gasteiger partial charge < -0.3 is 20.8 Å². The summed E-state index contributed by atoms with van der Waals surface area (Å²) in [6.45, 7) is 0. The smallest absolute Gasteiger partial charge is 0.326 e. The SMILES string of the molecule is COC1(c2ccc(F)cc2)CCC(NC(=O)c2[nH]c(=O)[nH]c(=O)c2N)CC1. The van der Waals surface area contributed by atoms with E-state index in [1.165, 1.54) is 12.1 Å². The number of nitrogen functional groups attached to an aromatic ring is 1. The van der Waals surface area contributed by atoms with Crippen LogP contribution in [0, 0.1) is 5.82 Å². The first kappa shape index (κ1) is 18.8. The molecule has 1 aliphatic carbocycles. The molecule has 0 spiro atoms. The second-order valence-corrected chi connectivity index (χ2v) is 6.65. The number of benzene rings is 1. The van der Waals surface area contributed by atoms with Crippen LogP contribution in [0.4, 0.5) is 10.1 Å². The Hall–Kier alpha value is -2.94. The Morgan fingerprint density at radius 1 is 1.22 bits per heavy atom. The Morgan fingerprint density at radius 3 is 2.44 bits per heavy atom. The summed E-state index contributed by atoms with van der Waals surface area (Å²) in [5.41, 5.74) is 3.76. The van der Waals surface area contributed by atoms with E-state index in [-0.39, 0.29) is 23.2 Å². The highest BCUT2D eigenvalue weighted by atomic mass is 19.1. The first-order valence-electron chi connectivity index (χ1n) is 8.59. The number of methoxy groups -OCH3 is 1. The second-order valence-electron chi connectivity index (χ2n) is 6.65. The molecule has 1 fully saturated rings. The lowest BCUT2D eigenvalue weighted by Gasteiger charge is -2.39. The van der Waals surface area contributed by atoms with E-state index in [1.807, 2.05) is 4.98 Å². The van der Waals surface area contributed by atoms with Crippen LogP contribution < -0.4 is 22.3 Å². The molecule has 2 aromatic rings. The van der Waals surface area contributed by atoms with E-state index in [2.05, 4.69) is 10.3 Å². The van der Waals surface area contributed by atoms with Crippen LogP contribution in [0.1, 0.15) is 41.7 Å². The van der Waals surface area contributed by atoms with Gasteiger partial charge in [0.15, 0.2) is 0 Å². The number of aromatic amines is 2. The van der Waals surface area contributed by atoms with Gasteiger partial charge in [-0.2, -0.15) is 0 Å². The summed E-state index contributed by atoms with van der Waals surface area (Å²) in [5.74, 6) is -0.914. The van der Waals surface area contributed by atoms with Crippen LogP contribution in [0.3, 0.4) is 0 Å². The maximum absolute atomic E-state index is 13.2. The molecule has 0 aliphatic heterocycles. The highest BCUT2D eigenvalue weighted by Crippen LogP contribution is 2.40. The zero-order chi connectivity index (χ0) is 19.6. The fourth-order valence-corrected chi connectivity index (χ4v) is 3.53. The van der Waals surface area contributed by atoms with E-state index >= 15 is 0 Å². The van der Waals surface area contributed by atoms with Crippen LogP contribution >= 0.6 is 0 Å². The molecule has 0 atom stereocenters. The highest BCUT2D eigenvalue weighted by Gasteiger charge is 2.37. The molecule has 1 saturated carbocycles. The van der Waals surface area contributed by atoms with Crippen molar-refractivity contribution in [2.24, 2.45) is 0 Å². The molecule has 5 N–H and O–H groups in total. The van der Waals surface area contributed by atoms with Gasteiger partial charge in [-0.25, -0.2) is 9.18 Å². The molecule has 144 valence electrons. The van der Waals surface area contributed by atoms with Crippen LogP contribution in [0.25, 0.3) is 0 Å². The van der Waals surface area contributed by atoms with Gasteiger partial charge in [-0.05, 0) is 43.4 Å². The average molecular weight is 376 g/mol. The Bertz CT molecular complexity index is 943. The second kappa shape index (κ2) is 7.36. The summed E-state index contributed by atoms with van der Waals surface area (Å²) < 4.78 is 18.9. The van der Waals surface area contributed by atoms with Crippen LogP contribution in [0.2, 0.25) is 0 Å². The van der Waals surface area contributed by atoms with Crippen LogP contribution in [-0.2, 0) is 10.3 Å². The number of halogens is 1. The number of ether oxygens (including phenoxy) is 1. The lowest BCUT2D eigenvalue weighted by atomic mass is 9.77. The van der Waals surface area contributed by atoms with Crippen LogP contribution in [0.15, 0.2) is 33.9 Å². The van der Waals surface area contributed by atoms with E-state index in [0.717, 1.165) is 5.56 Å². The Morgan fingerprint density at radius 2 is 1.85 bits per heavy atom. The van der Waals surface area contributed by atoms with Crippen molar-refractivity contribution < 1.29 is 13.9 Å². The number of carbonyl (C=O) groups excluding carboxylic acids is 1. The number of anilines is 1. The van der Waals surface area contributed by atoms with Crippen molar-refractivity contribution in [3.05, 3.63) is 62.2 Å². The van der Waals surface area contributed by atoms with Gasteiger partial charge in [0.1, 0.15) is 17.2 Å². The van der Waals surface area contributed by atoms with Crippen molar-refractivity contribution >= 4 is 11.6 Å². The molecule has 0 unspecified atom stereocenters. The van der Waals surface area contributed by atoms with Gasteiger partial charge in [-0.1, -0.05) is 12.1 Å². The summed E-state index contributed by atoms with van der Waals surface area (Å²) in [7, 11) is 1.62. The van der Waals surface area contributed by atoms with E-state index in [0.29, 0.717) is 25.7 Å². The van der Waals surface area contributed by atoms with Crippen molar-refractivity contribution in [3.8, 4) is 0 Å². The molecule has 1 aromatic carbocycles. The fraction of sp³-hybridized carbons (Fsp3) is 0.389. The van der Waals surface area contributed by atoms with Gasteiger partial charge in [-0.3, -0.25) is 14.6 Å². The van der Waals surface area contributed by atoms with Gasteiger partial charge >= 0.3 is 5.69 Å². The minimum Gasteiger partial charge on any atom is -0.392 e. The normalized spacial score (nSPS) is 22.4. The van der Waals surface area contributed by atoms with E-state index < -0.39 is 22.8 Å². The molecule has 0 bridgehead atoms. The number of hydrogen-bond acceptors (Lipinski definition) is 5. The first-order chi connectivity index (χ1) is 12.8. The third kappa shape index (κ3) is 3.77. The summed E-state index contributed by atoms with van der Waals surface area (Å²) in [5, 5.41) is 2.80. The number of carbonyl (C=O) groups is 1. The van der Waals surface area contributed by atoms with Gasteiger partial charge in [0.05, 0.1) is 5.60 Å². The van der Waals surface area contributed by atoms with E-state index in [1.54, 1.807) is 19.2 Å².